The summed E-state index contributed by atoms with van der Waals surface area (Å²) in [5, 5.41) is 0. The van der Waals surface area contributed by atoms with E-state index in [0.717, 1.165) is 18.8 Å². The van der Waals surface area contributed by atoms with Crippen LogP contribution in [0.5, 0.6) is 0 Å². The van der Waals surface area contributed by atoms with Crippen molar-refractivity contribution < 1.29 is 4.74 Å². The van der Waals surface area contributed by atoms with Crippen molar-refractivity contribution in [1.82, 2.24) is 4.90 Å². The Labute approximate surface area is 113 Å². The van der Waals surface area contributed by atoms with E-state index in [9.17, 15) is 0 Å². The molecule has 0 aliphatic carbocycles. The fourth-order valence-corrected chi connectivity index (χ4v) is 3.13. The number of unbranched alkanes of at least 4 members (excludes halogenated alkanes) is 3. The highest BCUT2D eigenvalue weighted by Crippen LogP contribution is 2.28. The predicted octanol–water partition coefficient (Wildman–Crippen LogP) is 3.37. The lowest BCUT2D eigenvalue weighted by atomic mass is 9.98. The summed E-state index contributed by atoms with van der Waals surface area (Å²) in [6, 6.07) is 0. The first-order chi connectivity index (χ1) is 7.85. The number of hydrogen-bond donors (Lipinski definition) is 1. The SMILES string of the molecule is CC1(C)CN(CCCCCCS)CC(C)(C)O1. The molecule has 17 heavy (non-hydrogen) atoms. The van der Waals surface area contributed by atoms with Gasteiger partial charge in [-0.3, -0.25) is 4.90 Å². The first kappa shape index (κ1) is 15.3. The molecule has 0 unspecified atom stereocenters. The maximum absolute atomic E-state index is 6.08. The Balaban J connectivity index is 2.28. The number of thiol groups is 1. The van der Waals surface area contributed by atoms with Crippen LogP contribution in [-0.2, 0) is 4.74 Å². The summed E-state index contributed by atoms with van der Waals surface area (Å²) in [4.78, 5) is 2.56. The van der Waals surface area contributed by atoms with E-state index in [4.69, 9.17) is 4.74 Å². The van der Waals surface area contributed by atoms with Gasteiger partial charge in [0, 0.05) is 13.1 Å². The zero-order chi connectivity index (χ0) is 12.9. The maximum atomic E-state index is 6.08. The van der Waals surface area contributed by atoms with Gasteiger partial charge in [0.05, 0.1) is 11.2 Å². The average molecular weight is 259 g/mol. The quantitative estimate of drug-likeness (QED) is 0.580. The normalized spacial score (nSPS) is 23.8. The molecule has 0 saturated carbocycles. The first-order valence-electron chi connectivity index (χ1n) is 6.88. The van der Waals surface area contributed by atoms with Crippen LogP contribution in [0.3, 0.4) is 0 Å². The number of hydrogen-bond acceptors (Lipinski definition) is 3. The highest BCUT2D eigenvalue weighted by atomic mass is 32.1. The van der Waals surface area contributed by atoms with Gasteiger partial charge in [-0.15, -0.1) is 0 Å². The summed E-state index contributed by atoms with van der Waals surface area (Å²) >= 11 is 4.24. The van der Waals surface area contributed by atoms with E-state index >= 15 is 0 Å². The number of morpholine rings is 1. The second-order valence-electron chi connectivity index (χ2n) is 6.47. The molecule has 2 nitrogen and oxygen atoms in total. The minimum absolute atomic E-state index is 0.00709. The van der Waals surface area contributed by atoms with E-state index in [0.29, 0.717) is 0 Å². The number of nitrogens with zero attached hydrogens (tertiary/aromatic N) is 1. The molecule has 1 fully saturated rings. The Bertz CT molecular complexity index is 212. The molecular weight excluding hydrogens is 230 g/mol. The summed E-state index contributed by atoms with van der Waals surface area (Å²) in [5.74, 6) is 1.03. The van der Waals surface area contributed by atoms with Crippen molar-refractivity contribution >= 4 is 12.6 Å². The molecule has 0 spiro atoms. The van der Waals surface area contributed by atoms with Gasteiger partial charge in [0.1, 0.15) is 0 Å². The minimum atomic E-state index is -0.00709. The molecule has 0 atom stereocenters. The summed E-state index contributed by atoms with van der Waals surface area (Å²) in [7, 11) is 0. The third kappa shape index (κ3) is 6.12. The van der Waals surface area contributed by atoms with Crippen molar-refractivity contribution in [2.24, 2.45) is 0 Å². The molecule has 0 radical (unpaired) electrons. The Hall–Kier alpha value is 0.270. The van der Waals surface area contributed by atoms with Crippen LogP contribution in [0.25, 0.3) is 0 Å². The topological polar surface area (TPSA) is 12.5 Å². The van der Waals surface area contributed by atoms with Crippen LogP contribution in [0.4, 0.5) is 0 Å². The summed E-state index contributed by atoms with van der Waals surface area (Å²) in [6.07, 6.45) is 5.21. The summed E-state index contributed by atoms with van der Waals surface area (Å²) in [6.45, 7) is 12.1. The Morgan fingerprint density at radius 2 is 1.47 bits per heavy atom. The van der Waals surface area contributed by atoms with Gasteiger partial charge in [-0.25, -0.2) is 0 Å². The lowest BCUT2D eigenvalue weighted by Crippen LogP contribution is -2.57. The first-order valence-corrected chi connectivity index (χ1v) is 7.51. The van der Waals surface area contributed by atoms with Crippen LogP contribution in [0.1, 0.15) is 53.4 Å². The van der Waals surface area contributed by atoms with E-state index in [2.05, 4.69) is 45.2 Å². The fourth-order valence-electron chi connectivity index (χ4n) is 2.90. The van der Waals surface area contributed by atoms with Gasteiger partial charge in [-0.1, -0.05) is 12.8 Å². The van der Waals surface area contributed by atoms with Crippen molar-refractivity contribution in [1.29, 1.82) is 0 Å². The minimum Gasteiger partial charge on any atom is -0.367 e. The molecular formula is C14H29NOS. The smallest absolute Gasteiger partial charge is 0.0760 e. The molecule has 1 rings (SSSR count). The predicted molar refractivity (Wildman–Crippen MR) is 78.0 cm³/mol. The molecule has 3 heteroatoms. The van der Waals surface area contributed by atoms with Crippen LogP contribution in [0, 0.1) is 0 Å². The van der Waals surface area contributed by atoms with Gasteiger partial charge in [-0.2, -0.15) is 12.6 Å². The molecule has 1 aliphatic heterocycles. The second-order valence-corrected chi connectivity index (χ2v) is 6.92. The van der Waals surface area contributed by atoms with Gasteiger partial charge in [0.2, 0.25) is 0 Å². The molecule has 0 aromatic rings. The number of ether oxygens (including phenoxy) is 1. The van der Waals surface area contributed by atoms with Crippen molar-refractivity contribution in [3.05, 3.63) is 0 Å². The van der Waals surface area contributed by atoms with Gasteiger partial charge >= 0.3 is 0 Å². The van der Waals surface area contributed by atoms with E-state index in [-0.39, 0.29) is 11.2 Å². The van der Waals surface area contributed by atoms with Crippen molar-refractivity contribution in [3.63, 3.8) is 0 Å². The van der Waals surface area contributed by atoms with Gasteiger partial charge in [0.25, 0.3) is 0 Å². The van der Waals surface area contributed by atoms with Crippen LogP contribution >= 0.6 is 12.6 Å². The molecule has 0 bridgehead atoms. The van der Waals surface area contributed by atoms with Crippen LogP contribution < -0.4 is 0 Å². The molecule has 0 N–H and O–H groups in total. The average Bonchev–Trinajstić information content (AvgIpc) is 2.12. The lowest BCUT2D eigenvalue weighted by Gasteiger charge is -2.47. The lowest BCUT2D eigenvalue weighted by molar-refractivity contribution is -0.180. The molecule has 0 aromatic carbocycles. The zero-order valence-corrected chi connectivity index (χ0v) is 12.9. The second kappa shape index (κ2) is 6.44. The number of rotatable bonds is 6. The fraction of sp³-hybridized carbons (Fsp3) is 1.00. The van der Waals surface area contributed by atoms with E-state index in [1.54, 1.807) is 0 Å². The van der Waals surface area contributed by atoms with Crippen molar-refractivity contribution in [2.45, 2.75) is 64.6 Å². The molecule has 0 aromatic heterocycles. The maximum Gasteiger partial charge on any atom is 0.0760 e. The van der Waals surface area contributed by atoms with Gasteiger partial charge in [-0.05, 0) is 52.8 Å². The highest BCUT2D eigenvalue weighted by molar-refractivity contribution is 7.80. The Morgan fingerprint density at radius 3 is 2.00 bits per heavy atom. The standard InChI is InChI=1S/C14H29NOS/c1-13(2)11-15(12-14(3,4)16-13)9-7-5-6-8-10-17/h17H,5-12H2,1-4H3. The largest absolute Gasteiger partial charge is 0.367 e. The van der Waals surface area contributed by atoms with Gasteiger partial charge < -0.3 is 4.74 Å². The third-order valence-corrected chi connectivity index (χ3v) is 3.46. The summed E-state index contributed by atoms with van der Waals surface area (Å²) < 4.78 is 6.08. The molecule has 102 valence electrons. The third-order valence-electron chi connectivity index (χ3n) is 3.14. The zero-order valence-electron chi connectivity index (χ0n) is 12.0. The van der Waals surface area contributed by atoms with E-state index in [1.807, 2.05) is 0 Å². The Morgan fingerprint density at radius 1 is 0.941 bits per heavy atom. The van der Waals surface area contributed by atoms with Crippen molar-refractivity contribution in [3.8, 4) is 0 Å². The highest BCUT2D eigenvalue weighted by Gasteiger charge is 2.37. The van der Waals surface area contributed by atoms with E-state index < -0.39 is 0 Å². The van der Waals surface area contributed by atoms with Crippen LogP contribution in [0.2, 0.25) is 0 Å². The molecule has 1 aliphatic rings. The van der Waals surface area contributed by atoms with Crippen LogP contribution in [0.15, 0.2) is 0 Å². The molecule has 1 saturated heterocycles. The summed E-state index contributed by atoms with van der Waals surface area (Å²) in [5.41, 5.74) is -0.0142. The van der Waals surface area contributed by atoms with E-state index in [1.165, 1.54) is 32.2 Å². The van der Waals surface area contributed by atoms with Crippen LogP contribution in [-0.4, -0.2) is 41.5 Å². The van der Waals surface area contributed by atoms with Gasteiger partial charge in [0.15, 0.2) is 0 Å². The molecule has 1 heterocycles. The molecule has 0 amide bonds. The van der Waals surface area contributed by atoms with Crippen molar-refractivity contribution in [2.75, 3.05) is 25.4 Å². The monoisotopic (exact) mass is 259 g/mol. The Kier molecular flexibility index (Phi) is 5.81.